The van der Waals surface area contributed by atoms with Crippen molar-refractivity contribution in [3.8, 4) is 45.5 Å². The minimum Gasteiger partial charge on any atom is -0.192 e. The van der Waals surface area contributed by atoms with Gasteiger partial charge in [-0.05, 0) is 121 Å². The molecule has 0 N–H and O–H groups in total. The van der Waals surface area contributed by atoms with E-state index < -0.39 is 0 Å². The predicted molar refractivity (Wildman–Crippen MR) is 192 cm³/mol. The van der Waals surface area contributed by atoms with E-state index in [4.69, 9.17) is 0 Å². The topological polar surface area (TPSA) is 47.6 Å². The van der Waals surface area contributed by atoms with Gasteiger partial charge in [-0.15, -0.1) is 11.3 Å². The second-order valence-electron chi connectivity index (χ2n) is 12.8. The molecule has 0 unspecified atom stereocenters. The third-order valence-corrected chi connectivity index (χ3v) is 11.0. The maximum atomic E-state index is 9.95. The second-order valence-corrected chi connectivity index (χ2v) is 13.9. The van der Waals surface area contributed by atoms with Gasteiger partial charge in [-0.25, -0.2) is 0 Å². The molecule has 8 aromatic rings. The van der Waals surface area contributed by atoms with Gasteiger partial charge in [0.1, 0.15) is 0 Å². The van der Waals surface area contributed by atoms with Crippen molar-refractivity contribution in [3.63, 3.8) is 0 Å². The van der Waals surface area contributed by atoms with Crippen molar-refractivity contribution in [2.45, 2.75) is 19.3 Å². The summed E-state index contributed by atoms with van der Waals surface area (Å²) in [6, 6.07) is 47.6. The van der Waals surface area contributed by atoms with E-state index in [-0.39, 0.29) is 5.41 Å². The maximum absolute atomic E-state index is 9.95. The first-order valence-electron chi connectivity index (χ1n) is 15.5. The van der Waals surface area contributed by atoms with Gasteiger partial charge in [0.25, 0.3) is 0 Å². The molecule has 0 atom stereocenters. The van der Waals surface area contributed by atoms with Gasteiger partial charge < -0.3 is 0 Å². The smallest absolute Gasteiger partial charge is 0.0991 e. The predicted octanol–water partition coefficient (Wildman–Crippen LogP) is 11.7. The Labute approximate surface area is 271 Å². The van der Waals surface area contributed by atoms with Gasteiger partial charge in [0.05, 0.1) is 23.3 Å². The highest BCUT2D eigenvalue weighted by Gasteiger charge is 2.35. The Morgan fingerprint density at radius 3 is 2.11 bits per heavy atom. The Bertz CT molecular complexity index is 2690. The van der Waals surface area contributed by atoms with Gasteiger partial charge in [-0.3, -0.25) is 0 Å². The number of hydrogen-bond donors (Lipinski definition) is 0. The lowest BCUT2D eigenvalue weighted by Crippen LogP contribution is -2.14. The van der Waals surface area contributed by atoms with E-state index >= 15 is 0 Å². The lowest BCUT2D eigenvalue weighted by Gasteiger charge is -2.21. The van der Waals surface area contributed by atoms with Crippen LogP contribution in [0.2, 0.25) is 0 Å². The first-order valence-corrected chi connectivity index (χ1v) is 16.3. The highest BCUT2D eigenvalue weighted by molar-refractivity contribution is 7.25. The summed E-state index contributed by atoms with van der Waals surface area (Å²) in [6.45, 7) is 4.66. The fraction of sp³-hybridized carbons (Fsp3) is 0.0698. The fourth-order valence-corrected chi connectivity index (χ4v) is 8.73. The highest BCUT2D eigenvalue weighted by Crippen LogP contribution is 2.52. The Hall–Kier alpha value is -5.74. The van der Waals surface area contributed by atoms with Crippen LogP contribution in [0.5, 0.6) is 0 Å². The molecule has 214 valence electrons. The van der Waals surface area contributed by atoms with Gasteiger partial charge >= 0.3 is 0 Å². The number of fused-ring (bicyclic) bond motifs is 9. The average Bonchev–Trinajstić information content (AvgIpc) is 3.57. The van der Waals surface area contributed by atoms with Crippen LogP contribution in [0.25, 0.3) is 75.1 Å². The SMILES string of the molecule is CC1(C)c2ccccc2-c2cc3c(cc21)sc1ccc(-c2ccc(C#N)cc2-c2cc4ccccc4c4cc(C#N)ccc24)cc13. The summed E-state index contributed by atoms with van der Waals surface area (Å²) in [7, 11) is 0. The van der Waals surface area contributed by atoms with Crippen molar-refractivity contribution in [1.82, 2.24) is 0 Å². The molecule has 0 saturated heterocycles. The van der Waals surface area contributed by atoms with E-state index in [1.54, 1.807) is 0 Å². The molecule has 9 rings (SSSR count). The number of benzene rings is 7. The molecule has 2 nitrogen and oxygen atoms in total. The zero-order valence-corrected chi connectivity index (χ0v) is 26.2. The summed E-state index contributed by atoms with van der Waals surface area (Å²) >= 11 is 1.86. The first kappa shape index (κ1) is 26.6. The van der Waals surface area contributed by atoms with Crippen molar-refractivity contribution in [2.75, 3.05) is 0 Å². The standard InChI is InChI=1S/C43H26N2S/c1-43(2)39-10-6-5-9-32(39)36-21-38-37-20-28(13-16-41(37)46-42(38)22-40(36)43)30-14-11-25(23-44)18-34(30)35-19-27-7-3-4-8-29(27)33-17-26(24-45)12-15-31(33)35/h3-22H,1-2H3. The van der Waals surface area contributed by atoms with Gasteiger partial charge in [0.15, 0.2) is 0 Å². The summed E-state index contributed by atoms with van der Waals surface area (Å²) in [4.78, 5) is 0. The minimum atomic E-state index is -0.0323. The van der Waals surface area contributed by atoms with Crippen molar-refractivity contribution in [1.29, 1.82) is 10.5 Å². The molecule has 0 amide bonds. The van der Waals surface area contributed by atoms with Crippen LogP contribution >= 0.6 is 11.3 Å². The van der Waals surface area contributed by atoms with E-state index in [1.165, 1.54) is 42.4 Å². The van der Waals surface area contributed by atoms with Gasteiger partial charge in [0.2, 0.25) is 0 Å². The molecule has 0 radical (unpaired) electrons. The number of nitriles is 2. The number of rotatable bonds is 2. The fourth-order valence-electron chi connectivity index (χ4n) is 7.62. The normalized spacial score (nSPS) is 13.1. The molecule has 1 aliphatic rings. The number of thiophene rings is 1. The molecule has 1 heterocycles. The van der Waals surface area contributed by atoms with Gasteiger partial charge in [-0.2, -0.15) is 10.5 Å². The summed E-state index contributed by atoms with van der Waals surface area (Å²) in [5, 5.41) is 26.5. The Kier molecular flexibility index (Phi) is 5.58. The molecular formula is C43H26N2S. The van der Waals surface area contributed by atoms with E-state index in [0.717, 1.165) is 43.8 Å². The summed E-state index contributed by atoms with van der Waals surface area (Å²) in [6.07, 6.45) is 0. The minimum absolute atomic E-state index is 0.0323. The zero-order valence-electron chi connectivity index (χ0n) is 25.3. The highest BCUT2D eigenvalue weighted by atomic mass is 32.1. The first-order chi connectivity index (χ1) is 22.4. The lowest BCUT2D eigenvalue weighted by atomic mass is 9.82. The van der Waals surface area contributed by atoms with Crippen LogP contribution in [0, 0.1) is 22.7 Å². The van der Waals surface area contributed by atoms with E-state index in [0.29, 0.717) is 11.1 Å². The summed E-state index contributed by atoms with van der Waals surface area (Å²) in [5.74, 6) is 0. The molecule has 46 heavy (non-hydrogen) atoms. The zero-order chi connectivity index (χ0) is 31.2. The van der Waals surface area contributed by atoms with E-state index in [2.05, 4.69) is 105 Å². The van der Waals surface area contributed by atoms with Crippen LogP contribution < -0.4 is 0 Å². The van der Waals surface area contributed by atoms with E-state index in [1.807, 2.05) is 53.8 Å². The lowest BCUT2D eigenvalue weighted by molar-refractivity contribution is 0.661. The van der Waals surface area contributed by atoms with Crippen LogP contribution in [0.4, 0.5) is 0 Å². The third kappa shape index (κ3) is 3.73. The Morgan fingerprint density at radius 1 is 0.478 bits per heavy atom. The largest absolute Gasteiger partial charge is 0.192 e. The Balaban J connectivity index is 1.30. The van der Waals surface area contributed by atoms with Gasteiger partial charge in [0, 0.05) is 25.6 Å². The van der Waals surface area contributed by atoms with Crippen LogP contribution in [-0.2, 0) is 5.41 Å². The Morgan fingerprint density at radius 2 is 1.24 bits per heavy atom. The molecule has 0 saturated carbocycles. The van der Waals surface area contributed by atoms with Gasteiger partial charge in [-0.1, -0.05) is 80.6 Å². The molecule has 0 aliphatic heterocycles. The molecule has 0 fully saturated rings. The molecule has 0 spiro atoms. The van der Waals surface area contributed by atoms with Crippen molar-refractivity contribution >= 4 is 53.1 Å². The van der Waals surface area contributed by atoms with Crippen molar-refractivity contribution < 1.29 is 0 Å². The monoisotopic (exact) mass is 602 g/mol. The summed E-state index contributed by atoms with van der Waals surface area (Å²) in [5.41, 5.74) is 10.9. The summed E-state index contributed by atoms with van der Waals surface area (Å²) < 4.78 is 2.57. The molecule has 7 aromatic carbocycles. The van der Waals surface area contributed by atoms with Crippen LogP contribution in [-0.4, -0.2) is 0 Å². The van der Waals surface area contributed by atoms with Crippen LogP contribution in [0.15, 0.2) is 121 Å². The van der Waals surface area contributed by atoms with E-state index in [9.17, 15) is 10.5 Å². The molecular weight excluding hydrogens is 577 g/mol. The quantitative estimate of drug-likeness (QED) is 0.185. The molecule has 0 bridgehead atoms. The number of hydrogen-bond acceptors (Lipinski definition) is 3. The van der Waals surface area contributed by atoms with Crippen molar-refractivity contribution in [3.05, 3.63) is 144 Å². The maximum Gasteiger partial charge on any atom is 0.0991 e. The molecule has 1 aromatic heterocycles. The second kappa shape index (κ2) is 9.63. The third-order valence-electron chi connectivity index (χ3n) is 9.91. The number of nitrogens with zero attached hydrogens (tertiary/aromatic N) is 2. The van der Waals surface area contributed by atoms with Crippen LogP contribution in [0.1, 0.15) is 36.1 Å². The van der Waals surface area contributed by atoms with Crippen LogP contribution in [0.3, 0.4) is 0 Å². The molecule has 1 aliphatic carbocycles. The average molecular weight is 603 g/mol. The molecule has 3 heteroatoms. The van der Waals surface area contributed by atoms with Crippen molar-refractivity contribution in [2.24, 2.45) is 0 Å².